The Bertz CT molecular complexity index is 640. The van der Waals surface area contributed by atoms with E-state index in [1.807, 2.05) is 0 Å². The van der Waals surface area contributed by atoms with Gasteiger partial charge in [0.25, 0.3) is 5.69 Å². The molecular formula is C12H18N2O5S. The highest BCUT2D eigenvalue weighted by atomic mass is 32.2. The molecule has 1 aromatic rings. The van der Waals surface area contributed by atoms with Gasteiger partial charge in [0.2, 0.25) is 10.0 Å². The monoisotopic (exact) mass is 302 g/mol. The predicted octanol–water partition coefficient (Wildman–Crippen LogP) is 1.18. The highest BCUT2D eigenvalue weighted by Crippen LogP contribution is 2.31. The van der Waals surface area contributed by atoms with Crippen LogP contribution in [0.5, 0.6) is 0 Å². The van der Waals surface area contributed by atoms with Crippen LogP contribution in [0.15, 0.2) is 11.0 Å². The molecule has 0 bridgehead atoms. The Hall–Kier alpha value is -1.51. The first kappa shape index (κ1) is 16.5. The highest BCUT2D eigenvalue weighted by molar-refractivity contribution is 7.89. The molecule has 8 heteroatoms. The van der Waals surface area contributed by atoms with Gasteiger partial charge in [-0.3, -0.25) is 10.1 Å². The van der Waals surface area contributed by atoms with Crippen LogP contribution < -0.4 is 4.72 Å². The minimum atomic E-state index is -3.92. The van der Waals surface area contributed by atoms with Crippen molar-refractivity contribution in [3.63, 3.8) is 0 Å². The first-order chi connectivity index (χ1) is 9.11. The zero-order valence-electron chi connectivity index (χ0n) is 11.8. The molecular weight excluding hydrogens is 284 g/mol. The number of aliphatic hydroxyl groups excluding tert-OH is 1. The van der Waals surface area contributed by atoms with E-state index in [4.69, 9.17) is 5.11 Å². The minimum absolute atomic E-state index is 0.102. The largest absolute Gasteiger partial charge is 0.395 e. The molecule has 7 nitrogen and oxygen atoms in total. The molecule has 0 aromatic heterocycles. The number of sulfonamides is 1. The van der Waals surface area contributed by atoms with Gasteiger partial charge in [-0.1, -0.05) is 0 Å². The summed E-state index contributed by atoms with van der Waals surface area (Å²) in [5.41, 5.74) is 0.750. The van der Waals surface area contributed by atoms with Crippen molar-refractivity contribution in [2.75, 3.05) is 6.61 Å². The predicted molar refractivity (Wildman–Crippen MR) is 74.2 cm³/mol. The Morgan fingerprint density at radius 1 is 1.35 bits per heavy atom. The number of nitro benzene ring substituents is 1. The zero-order chi connectivity index (χ0) is 15.7. The van der Waals surface area contributed by atoms with Crippen molar-refractivity contribution in [3.8, 4) is 0 Å². The summed E-state index contributed by atoms with van der Waals surface area (Å²) in [6.07, 6.45) is 0. The summed E-state index contributed by atoms with van der Waals surface area (Å²) in [5.74, 6) is 0. The molecule has 0 fully saturated rings. The summed E-state index contributed by atoms with van der Waals surface area (Å²) in [7, 11) is -3.92. The van der Waals surface area contributed by atoms with Crippen LogP contribution in [0.2, 0.25) is 0 Å². The van der Waals surface area contributed by atoms with Gasteiger partial charge >= 0.3 is 0 Å². The van der Waals surface area contributed by atoms with Crippen LogP contribution >= 0.6 is 0 Å². The maximum Gasteiger partial charge on any atom is 0.276 e. The molecule has 0 unspecified atom stereocenters. The Labute approximate surface area is 117 Å². The first-order valence-corrected chi connectivity index (χ1v) is 7.48. The van der Waals surface area contributed by atoms with Crippen LogP contribution in [0.3, 0.4) is 0 Å². The van der Waals surface area contributed by atoms with Crippen LogP contribution in [-0.2, 0) is 10.0 Å². The number of nitrogens with zero attached hydrogens (tertiary/aromatic N) is 1. The summed E-state index contributed by atoms with van der Waals surface area (Å²) in [6.45, 7) is 5.71. The molecule has 0 saturated carbocycles. The lowest BCUT2D eigenvalue weighted by atomic mass is 10.1. The summed E-state index contributed by atoms with van der Waals surface area (Å²) in [6, 6.07) is 0.808. The van der Waals surface area contributed by atoms with Crippen LogP contribution in [-0.4, -0.2) is 31.1 Å². The van der Waals surface area contributed by atoms with Crippen molar-refractivity contribution in [1.29, 1.82) is 0 Å². The molecule has 112 valence electrons. The molecule has 1 rings (SSSR count). The molecule has 0 aliphatic rings. The number of hydrogen-bond donors (Lipinski definition) is 2. The fourth-order valence-electron chi connectivity index (χ4n) is 2.21. The van der Waals surface area contributed by atoms with Crippen molar-refractivity contribution in [2.45, 2.75) is 38.6 Å². The fraction of sp³-hybridized carbons (Fsp3) is 0.500. The fourth-order valence-corrected chi connectivity index (χ4v) is 3.92. The molecule has 0 aliphatic carbocycles. The van der Waals surface area contributed by atoms with Gasteiger partial charge < -0.3 is 5.11 Å². The van der Waals surface area contributed by atoms with Gasteiger partial charge in [-0.15, -0.1) is 0 Å². The van der Waals surface area contributed by atoms with Crippen molar-refractivity contribution in [3.05, 3.63) is 32.9 Å². The SMILES string of the molecule is Cc1cc(C)c(S(=O)(=O)N[C@@H](C)CO)c(C)c1[N+](=O)[O-]. The van der Waals surface area contributed by atoms with Crippen LogP contribution in [0.4, 0.5) is 5.69 Å². The smallest absolute Gasteiger partial charge is 0.276 e. The Morgan fingerprint density at radius 3 is 2.35 bits per heavy atom. The highest BCUT2D eigenvalue weighted by Gasteiger charge is 2.28. The van der Waals surface area contributed by atoms with Gasteiger partial charge in [0.1, 0.15) is 0 Å². The summed E-state index contributed by atoms with van der Waals surface area (Å²) in [4.78, 5) is 10.4. The molecule has 0 saturated heterocycles. The number of aryl methyl sites for hydroxylation is 2. The van der Waals surface area contributed by atoms with Crippen LogP contribution in [0.1, 0.15) is 23.6 Å². The lowest BCUT2D eigenvalue weighted by Crippen LogP contribution is -2.35. The lowest BCUT2D eigenvalue weighted by molar-refractivity contribution is -0.386. The van der Waals surface area contributed by atoms with Gasteiger partial charge in [0.05, 0.1) is 16.4 Å². The molecule has 20 heavy (non-hydrogen) atoms. The van der Waals surface area contributed by atoms with E-state index in [1.165, 1.54) is 19.9 Å². The molecule has 1 atom stereocenters. The van der Waals surface area contributed by atoms with Gasteiger partial charge in [0.15, 0.2) is 0 Å². The second kappa shape index (κ2) is 5.86. The zero-order valence-corrected chi connectivity index (χ0v) is 12.6. The minimum Gasteiger partial charge on any atom is -0.395 e. The number of aliphatic hydroxyl groups is 1. The van der Waals surface area contributed by atoms with Crippen molar-refractivity contribution in [2.24, 2.45) is 0 Å². The molecule has 1 aromatic carbocycles. The quantitative estimate of drug-likeness (QED) is 0.627. The average molecular weight is 302 g/mol. The van der Waals surface area contributed by atoms with Crippen molar-refractivity contribution in [1.82, 2.24) is 4.72 Å². The van der Waals surface area contributed by atoms with Crippen LogP contribution in [0.25, 0.3) is 0 Å². The van der Waals surface area contributed by atoms with E-state index in [0.717, 1.165) is 0 Å². The molecule has 0 radical (unpaired) electrons. The topological polar surface area (TPSA) is 110 Å². The first-order valence-electron chi connectivity index (χ1n) is 6.00. The van der Waals surface area contributed by atoms with Crippen LogP contribution in [0, 0.1) is 30.9 Å². The number of hydrogen-bond acceptors (Lipinski definition) is 5. The lowest BCUT2D eigenvalue weighted by Gasteiger charge is -2.16. The third kappa shape index (κ3) is 3.14. The van der Waals surface area contributed by atoms with Crippen molar-refractivity contribution >= 4 is 15.7 Å². The van der Waals surface area contributed by atoms with Gasteiger partial charge in [-0.2, -0.15) is 0 Å². The van der Waals surface area contributed by atoms with Gasteiger partial charge in [0, 0.05) is 17.2 Å². The van der Waals surface area contributed by atoms with E-state index >= 15 is 0 Å². The molecule has 0 amide bonds. The third-order valence-electron chi connectivity index (χ3n) is 2.94. The van der Waals surface area contributed by atoms with Gasteiger partial charge in [-0.05, 0) is 39.3 Å². The molecule has 0 spiro atoms. The maximum absolute atomic E-state index is 12.3. The number of rotatable bonds is 5. The summed E-state index contributed by atoms with van der Waals surface area (Å²) >= 11 is 0. The number of nitrogens with one attached hydrogen (secondary N) is 1. The maximum atomic E-state index is 12.3. The van der Waals surface area contributed by atoms with Gasteiger partial charge in [-0.25, -0.2) is 13.1 Å². The van der Waals surface area contributed by atoms with E-state index in [-0.39, 0.29) is 22.8 Å². The number of benzene rings is 1. The standard InChI is InChI=1S/C12H18N2O5S/c1-7-5-8(2)12(10(4)11(7)14(16)17)20(18,19)13-9(3)6-15/h5,9,13,15H,6H2,1-4H3/t9-/m0/s1. The normalized spacial score (nSPS) is 13.2. The second-order valence-electron chi connectivity index (χ2n) is 4.78. The Morgan fingerprint density at radius 2 is 1.90 bits per heavy atom. The summed E-state index contributed by atoms with van der Waals surface area (Å²) in [5, 5.41) is 20.0. The Kier molecular flexibility index (Phi) is 4.85. The summed E-state index contributed by atoms with van der Waals surface area (Å²) < 4.78 is 26.9. The third-order valence-corrected chi connectivity index (χ3v) is 4.82. The van der Waals surface area contributed by atoms with E-state index in [2.05, 4.69) is 4.72 Å². The van der Waals surface area contributed by atoms with E-state index in [1.54, 1.807) is 13.8 Å². The molecule has 0 heterocycles. The molecule has 0 aliphatic heterocycles. The molecule has 2 N–H and O–H groups in total. The Balaban J connectivity index is 3.53. The average Bonchev–Trinajstić information content (AvgIpc) is 2.25. The second-order valence-corrected chi connectivity index (χ2v) is 6.43. The van der Waals surface area contributed by atoms with E-state index in [0.29, 0.717) is 11.1 Å². The van der Waals surface area contributed by atoms with E-state index in [9.17, 15) is 18.5 Å². The number of nitro groups is 1. The van der Waals surface area contributed by atoms with Crippen molar-refractivity contribution < 1.29 is 18.4 Å². The van der Waals surface area contributed by atoms with E-state index < -0.39 is 21.0 Å².